The van der Waals surface area contributed by atoms with E-state index in [1.54, 1.807) is 36.7 Å². The highest BCUT2D eigenvalue weighted by molar-refractivity contribution is 5.88. The lowest BCUT2D eigenvalue weighted by Gasteiger charge is -2.18. The van der Waals surface area contributed by atoms with E-state index in [0.717, 1.165) is 5.56 Å². The van der Waals surface area contributed by atoms with Crippen molar-refractivity contribution in [3.8, 4) is 0 Å². The molecule has 2 aromatic rings. The van der Waals surface area contributed by atoms with Gasteiger partial charge in [0.2, 0.25) is 5.91 Å². The molecule has 1 atom stereocenters. The van der Waals surface area contributed by atoms with Crippen molar-refractivity contribution in [3.63, 3.8) is 0 Å². The summed E-state index contributed by atoms with van der Waals surface area (Å²) in [7, 11) is 1.85. The van der Waals surface area contributed by atoms with E-state index >= 15 is 0 Å². The maximum atomic E-state index is 13.1. The van der Waals surface area contributed by atoms with Gasteiger partial charge in [-0.05, 0) is 24.6 Å². The van der Waals surface area contributed by atoms with E-state index in [-0.39, 0.29) is 11.7 Å². The van der Waals surface area contributed by atoms with Gasteiger partial charge in [-0.2, -0.15) is 0 Å². The number of benzene rings is 1. The zero-order valence-electron chi connectivity index (χ0n) is 12.5. The van der Waals surface area contributed by atoms with E-state index in [1.807, 2.05) is 24.6 Å². The van der Waals surface area contributed by atoms with Crippen LogP contribution in [0.4, 0.5) is 4.39 Å². The van der Waals surface area contributed by atoms with Crippen LogP contribution in [0.2, 0.25) is 0 Å². The summed E-state index contributed by atoms with van der Waals surface area (Å²) in [6.07, 6.45) is 10.2. The van der Waals surface area contributed by atoms with E-state index in [1.165, 1.54) is 18.2 Å². The molecule has 0 aliphatic carbocycles. The van der Waals surface area contributed by atoms with Gasteiger partial charge in [-0.15, -0.1) is 0 Å². The first-order valence-corrected chi connectivity index (χ1v) is 6.94. The third kappa shape index (κ3) is 3.91. The molecule has 5 heteroatoms. The number of amides is 1. The number of allylic oxidation sites excluding steroid dienone is 3. The molecule has 1 amide bonds. The van der Waals surface area contributed by atoms with Crippen molar-refractivity contribution in [3.05, 3.63) is 78.2 Å². The quantitative estimate of drug-likeness (QED) is 0.681. The molecule has 4 nitrogen and oxygen atoms in total. The number of imidazole rings is 1. The molecule has 1 aromatic carbocycles. The number of aryl methyl sites for hydroxylation is 1. The van der Waals surface area contributed by atoms with Gasteiger partial charge in [0.15, 0.2) is 0 Å². The molecule has 0 bridgehead atoms. The van der Waals surface area contributed by atoms with Crippen LogP contribution >= 0.6 is 0 Å². The lowest BCUT2D eigenvalue weighted by molar-refractivity contribution is -0.117. The summed E-state index contributed by atoms with van der Waals surface area (Å²) >= 11 is 0. The first-order valence-electron chi connectivity index (χ1n) is 6.94. The second-order valence-electron chi connectivity index (χ2n) is 4.77. The highest BCUT2D eigenvalue weighted by atomic mass is 19.1. The van der Waals surface area contributed by atoms with Gasteiger partial charge in [0, 0.05) is 25.5 Å². The summed E-state index contributed by atoms with van der Waals surface area (Å²) in [4.78, 5) is 16.3. The Labute approximate surface area is 129 Å². The van der Waals surface area contributed by atoms with Crippen molar-refractivity contribution in [2.45, 2.75) is 13.0 Å². The number of carbonyl (C=O) groups excluding carboxylic acids is 1. The third-order valence-corrected chi connectivity index (χ3v) is 3.16. The van der Waals surface area contributed by atoms with Gasteiger partial charge < -0.3 is 9.88 Å². The number of aromatic nitrogens is 2. The van der Waals surface area contributed by atoms with Gasteiger partial charge in [0.1, 0.15) is 17.7 Å². The summed E-state index contributed by atoms with van der Waals surface area (Å²) in [6, 6.07) is 5.58. The molecule has 0 aliphatic heterocycles. The van der Waals surface area contributed by atoms with Crippen LogP contribution in [0, 0.1) is 5.82 Å². The van der Waals surface area contributed by atoms with Crippen molar-refractivity contribution >= 4 is 5.91 Å². The first kappa shape index (κ1) is 15.7. The molecule has 1 unspecified atom stereocenters. The topological polar surface area (TPSA) is 46.9 Å². The predicted octanol–water partition coefficient (Wildman–Crippen LogP) is 2.90. The minimum Gasteiger partial charge on any atom is -0.339 e. The molecule has 0 saturated heterocycles. The summed E-state index contributed by atoms with van der Waals surface area (Å²) < 4.78 is 14.9. The number of nitrogens with zero attached hydrogens (tertiary/aromatic N) is 2. The maximum absolute atomic E-state index is 13.1. The minimum absolute atomic E-state index is 0.240. The molecule has 2 rings (SSSR count). The van der Waals surface area contributed by atoms with Crippen LogP contribution in [0.3, 0.4) is 0 Å². The Hall–Kier alpha value is -2.69. The van der Waals surface area contributed by atoms with Crippen LogP contribution in [0.5, 0.6) is 0 Å². The van der Waals surface area contributed by atoms with Crippen LogP contribution in [-0.2, 0) is 11.8 Å². The summed E-state index contributed by atoms with van der Waals surface area (Å²) in [5.41, 5.74) is 0.767. The summed E-state index contributed by atoms with van der Waals surface area (Å²) in [6.45, 7) is 1.87. The average molecular weight is 299 g/mol. The Morgan fingerprint density at radius 2 is 2.05 bits per heavy atom. The van der Waals surface area contributed by atoms with Gasteiger partial charge >= 0.3 is 0 Å². The van der Waals surface area contributed by atoms with Crippen LogP contribution < -0.4 is 5.32 Å². The van der Waals surface area contributed by atoms with E-state index in [4.69, 9.17) is 0 Å². The third-order valence-electron chi connectivity index (χ3n) is 3.16. The van der Waals surface area contributed by atoms with E-state index < -0.39 is 6.04 Å². The standard InChI is InChI=1S/C17H18FN3O/c1-3-4-5-6-15(22)20-16(17-19-11-12-21(17)2)13-7-9-14(18)10-8-13/h3-12,16H,1-2H3,(H,20,22)/b4-3+,6-5+. The fourth-order valence-corrected chi connectivity index (χ4v) is 2.05. The van der Waals surface area contributed by atoms with E-state index in [2.05, 4.69) is 10.3 Å². The average Bonchev–Trinajstić information content (AvgIpc) is 2.92. The van der Waals surface area contributed by atoms with Crippen molar-refractivity contribution in [1.82, 2.24) is 14.9 Å². The molecule has 0 saturated carbocycles. The number of hydrogen-bond donors (Lipinski definition) is 1. The maximum Gasteiger partial charge on any atom is 0.244 e. The fraction of sp³-hybridized carbons (Fsp3) is 0.176. The highest BCUT2D eigenvalue weighted by Crippen LogP contribution is 2.20. The zero-order chi connectivity index (χ0) is 15.9. The largest absolute Gasteiger partial charge is 0.339 e. The monoisotopic (exact) mass is 299 g/mol. The molecule has 0 aliphatic rings. The lowest BCUT2D eigenvalue weighted by Crippen LogP contribution is -2.29. The zero-order valence-corrected chi connectivity index (χ0v) is 12.5. The van der Waals surface area contributed by atoms with Gasteiger partial charge in [0.05, 0.1) is 0 Å². The van der Waals surface area contributed by atoms with E-state index in [9.17, 15) is 9.18 Å². The minimum atomic E-state index is -0.441. The molecule has 1 N–H and O–H groups in total. The Morgan fingerprint density at radius 1 is 1.32 bits per heavy atom. The van der Waals surface area contributed by atoms with Gasteiger partial charge in [0.25, 0.3) is 0 Å². The van der Waals surface area contributed by atoms with Crippen LogP contribution in [-0.4, -0.2) is 15.5 Å². The number of halogens is 1. The van der Waals surface area contributed by atoms with Crippen molar-refractivity contribution in [2.75, 3.05) is 0 Å². The van der Waals surface area contributed by atoms with E-state index in [0.29, 0.717) is 5.82 Å². The van der Waals surface area contributed by atoms with Crippen LogP contribution in [0.25, 0.3) is 0 Å². The molecule has 0 radical (unpaired) electrons. The predicted molar refractivity (Wildman–Crippen MR) is 83.5 cm³/mol. The molecule has 1 aromatic heterocycles. The molecule has 1 heterocycles. The smallest absolute Gasteiger partial charge is 0.244 e. The Morgan fingerprint density at radius 3 is 2.64 bits per heavy atom. The first-order chi connectivity index (χ1) is 10.6. The second-order valence-corrected chi connectivity index (χ2v) is 4.77. The molecular weight excluding hydrogens is 281 g/mol. The summed E-state index contributed by atoms with van der Waals surface area (Å²) in [5, 5.41) is 2.89. The normalized spacial score (nSPS) is 12.9. The molecular formula is C17H18FN3O. The van der Waals surface area contributed by atoms with Crippen molar-refractivity contribution < 1.29 is 9.18 Å². The Kier molecular flexibility index (Phi) is 5.25. The van der Waals surface area contributed by atoms with Crippen molar-refractivity contribution in [2.24, 2.45) is 7.05 Å². The Balaban J connectivity index is 2.28. The van der Waals surface area contributed by atoms with Gasteiger partial charge in [-0.3, -0.25) is 4.79 Å². The Bertz CT molecular complexity index is 686. The van der Waals surface area contributed by atoms with Gasteiger partial charge in [-0.1, -0.05) is 30.4 Å². The number of nitrogens with one attached hydrogen (secondary N) is 1. The molecule has 22 heavy (non-hydrogen) atoms. The molecule has 0 spiro atoms. The number of hydrogen-bond acceptors (Lipinski definition) is 2. The second kappa shape index (κ2) is 7.36. The molecule has 114 valence electrons. The van der Waals surface area contributed by atoms with Gasteiger partial charge in [-0.25, -0.2) is 9.37 Å². The number of carbonyl (C=O) groups is 1. The summed E-state index contributed by atoms with van der Waals surface area (Å²) in [5.74, 6) is 0.122. The number of rotatable bonds is 5. The van der Waals surface area contributed by atoms with Crippen LogP contribution in [0.15, 0.2) is 61.0 Å². The van der Waals surface area contributed by atoms with Crippen LogP contribution in [0.1, 0.15) is 24.4 Å². The molecule has 0 fully saturated rings. The highest BCUT2D eigenvalue weighted by Gasteiger charge is 2.19. The fourth-order valence-electron chi connectivity index (χ4n) is 2.05. The SMILES string of the molecule is C/C=C/C=C/C(=O)NC(c1ccc(F)cc1)c1nccn1C. The van der Waals surface area contributed by atoms with Crippen molar-refractivity contribution in [1.29, 1.82) is 0 Å². The lowest BCUT2D eigenvalue weighted by atomic mass is 10.1.